The van der Waals surface area contributed by atoms with Crippen molar-refractivity contribution in [2.45, 2.75) is 6.04 Å². The third kappa shape index (κ3) is 3.94. The maximum Gasteiger partial charge on any atom is 0.241 e. The summed E-state index contributed by atoms with van der Waals surface area (Å²) in [6.07, 6.45) is 0. The molecule has 7 heteroatoms. The van der Waals surface area contributed by atoms with E-state index in [4.69, 9.17) is 16.3 Å². The number of likely N-dealkylation sites (tertiary alicyclic amines) is 1. The van der Waals surface area contributed by atoms with Crippen LogP contribution in [-0.4, -0.2) is 86.6 Å². The number of halogens is 1. The number of piperazine rings is 1. The Balaban J connectivity index is 1.47. The lowest BCUT2D eigenvalue weighted by Crippen LogP contribution is -2.62. The number of hydrogen-bond acceptors (Lipinski definition) is 5. The van der Waals surface area contributed by atoms with Crippen LogP contribution < -0.4 is 10.1 Å². The molecule has 1 aromatic rings. The normalized spacial score (nSPS) is 19.9. The van der Waals surface area contributed by atoms with Crippen LogP contribution in [0.25, 0.3) is 0 Å². The van der Waals surface area contributed by atoms with Gasteiger partial charge in [0, 0.05) is 50.3 Å². The molecule has 2 aliphatic heterocycles. The SMILES string of the molecule is COc1ccc(Cl)cc1NCC(=O)N1CCN(C2CN(C)C2)CC1. The summed E-state index contributed by atoms with van der Waals surface area (Å²) in [7, 11) is 3.75. The maximum atomic E-state index is 12.4. The fourth-order valence-corrected chi connectivity index (χ4v) is 3.51. The molecule has 0 atom stereocenters. The molecule has 1 amide bonds. The number of likely N-dealkylation sites (N-methyl/N-ethyl adjacent to an activating group) is 1. The molecule has 0 spiro atoms. The maximum absolute atomic E-state index is 12.4. The number of ether oxygens (including phenoxy) is 1. The lowest BCUT2D eigenvalue weighted by atomic mass is 10.1. The third-order valence-electron chi connectivity index (χ3n) is 4.82. The zero-order chi connectivity index (χ0) is 17.1. The van der Waals surface area contributed by atoms with Crippen molar-refractivity contribution in [1.29, 1.82) is 0 Å². The van der Waals surface area contributed by atoms with Crippen LogP contribution in [-0.2, 0) is 4.79 Å². The lowest BCUT2D eigenvalue weighted by molar-refractivity contribution is -0.131. The summed E-state index contributed by atoms with van der Waals surface area (Å²) in [6.45, 7) is 6.06. The van der Waals surface area contributed by atoms with E-state index in [9.17, 15) is 4.79 Å². The fourth-order valence-electron chi connectivity index (χ4n) is 3.33. The van der Waals surface area contributed by atoms with E-state index in [1.165, 1.54) is 0 Å². The van der Waals surface area contributed by atoms with E-state index in [1.54, 1.807) is 25.3 Å². The second kappa shape index (κ2) is 7.59. The molecule has 0 radical (unpaired) electrons. The first-order chi connectivity index (χ1) is 11.6. The van der Waals surface area contributed by atoms with Gasteiger partial charge < -0.3 is 19.9 Å². The summed E-state index contributed by atoms with van der Waals surface area (Å²) in [6, 6.07) is 6.01. The molecule has 2 heterocycles. The highest BCUT2D eigenvalue weighted by Crippen LogP contribution is 2.27. The first kappa shape index (κ1) is 17.3. The Kier molecular flexibility index (Phi) is 5.48. The minimum Gasteiger partial charge on any atom is -0.495 e. The molecular formula is C17H25ClN4O2. The summed E-state index contributed by atoms with van der Waals surface area (Å²) >= 11 is 6.01. The van der Waals surface area contributed by atoms with Crippen LogP contribution in [0, 0.1) is 0 Å². The highest BCUT2D eigenvalue weighted by molar-refractivity contribution is 6.30. The average molecular weight is 353 g/mol. The minimum absolute atomic E-state index is 0.113. The standard InChI is InChI=1S/C17H25ClN4O2/c1-20-11-14(12-20)21-5-7-22(8-6-21)17(23)10-19-15-9-13(18)3-4-16(15)24-2/h3-4,9,14,19H,5-8,10-12H2,1-2H3. The predicted molar refractivity (Wildman–Crippen MR) is 95.9 cm³/mol. The molecule has 2 fully saturated rings. The number of carbonyl (C=O) groups excluding carboxylic acids is 1. The van der Waals surface area contributed by atoms with Gasteiger partial charge in [-0.1, -0.05) is 11.6 Å². The average Bonchev–Trinajstić information content (AvgIpc) is 2.57. The Bertz CT molecular complexity index is 584. The first-order valence-electron chi connectivity index (χ1n) is 8.34. The molecule has 0 unspecified atom stereocenters. The van der Waals surface area contributed by atoms with Gasteiger partial charge in [0.1, 0.15) is 5.75 Å². The number of benzene rings is 1. The molecule has 0 aromatic heterocycles. The van der Waals surface area contributed by atoms with E-state index in [-0.39, 0.29) is 12.5 Å². The van der Waals surface area contributed by atoms with Crippen molar-refractivity contribution < 1.29 is 9.53 Å². The Morgan fingerprint density at radius 1 is 1.29 bits per heavy atom. The number of anilines is 1. The van der Waals surface area contributed by atoms with Gasteiger partial charge >= 0.3 is 0 Å². The van der Waals surface area contributed by atoms with Crippen LogP contribution in [0.4, 0.5) is 5.69 Å². The van der Waals surface area contributed by atoms with E-state index in [0.717, 1.165) is 45.0 Å². The quantitative estimate of drug-likeness (QED) is 0.863. The van der Waals surface area contributed by atoms with E-state index in [1.807, 2.05) is 4.90 Å². The molecule has 3 rings (SSSR count). The Hall–Kier alpha value is -1.50. The number of hydrogen-bond donors (Lipinski definition) is 1. The number of nitrogens with one attached hydrogen (secondary N) is 1. The Morgan fingerprint density at radius 3 is 2.62 bits per heavy atom. The van der Waals surface area contributed by atoms with Crippen LogP contribution in [0.2, 0.25) is 5.02 Å². The van der Waals surface area contributed by atoms with Crippen molar-refractivity contribution in [2.75, 3.05) is 65.3 Å². The minimum atomic E-state index is 0.113. The summed E-state index contributed by atoms with van der Waals surface area (Å²) in [5, 5.41) is 3.76. The van der Waals surface area contributed by atoms with E-state index in [2.05, 4.69) is 22.2 Å². The Labute approximate surface area is 148 Å². The van der Waals surface area contributed by atoms with Gasteiger partial charge in [0.25, 0.3) is 0 Å². The van der Waals surface area contributed by atoms with Gasteiger partial charge in [0.05, 0.1) is 19.3 Å². The van der Waals surface area contributed by atoms with Crippen molar-refractivity contribution in [3.05, 3.63) is 23.2 Å². The number of carbonyl (C=O) groups is 1. The van der Waals surface area contributed by atoms with Crippen molar-refractivity contribution in [3.63, 3.8) is 0 Å². The van der Waals surface area contributed by atoms with Gasteiger partial charge in [-0.2, -0.15) is 0 Å². The predicted octanol–water partition coefficient (Wildman–Crippen LogP) is 1.22. The van der Waals surface area contributed by atoms with Gasteiger partial charge in [-0.25, -0.2) is 0 Å². The van der Waals surface area contributed by atoms with Gasteiger partial charge in [0.2, 0.25) is 5.91 Å². The zero-order valence-corrected chi connectivity index (χ0v) is 15.1. The smallest absolute Gasteiger partial charge is 0.241 e. The van der Waals surface area contributed by atoms with E-state index < -0.39 is 0 Å². The van der Waals surface area contributed by atoms with Gasteiger partial charge in [-0.15, -0.1) is 0 Å². The molecule has 6 nitrogen and oxygen atoms in total. The zero-order valence-electron chi connectivity index (χ0n) is 14.3. The van der Waals surface area contributed by atoms with Crippen LogP contribution in [0.15, 0.2) is 18.2 Å². The summed E-state index contributed by atoms with van der Waals surface area (Å²) < 4.78 is 5.29. The monoisotopic (exact) mass is 352 g/mol. The molecule has 132 valence electrons. The Morgan fingerprint density at radius 2 is 2.00 bits per heavy atom. The molecule has 24 heavy (non-hydrogen) atoms. The van der Waals surface area contributed by atoms with Crippen LogP contribution in [0.1, 0.15) is 0 Å². The largest absolute Gasteiger partial charge is 0.495 e. The fraction of sp³-hybridized carbons (Fsp3) is 0.588. The number of methoxy groups -OCH3 is 1. The summed E-state index contributed by atoms with van der Waals surface area (Å²) in [5.74, 6) is 0.800. The lowest BCUT2D eigenvalue weighted by Gasteiger charge is -2.46. The number of nitrogens with zero attached hydrogens (tertiary/aromatic N) is 3. The van der Waals surface area contributed by atoms with Crippen molar-refractivity contribution >= 4 is 23.2 Å². The molecule has 0 saturated carbocycles. The van der Waals surface area contributed by atoms with Gasteiger partial charge in [-0.05, 0) is 25.2 Å². The van der Waals surface area contributed by atoms with Crippen LogP contribution in [0.5, 0.6) is 5.75 Å². The number of rotatable bonds is 5. The van der Waals surface area contributed by atoms with Gasteiger partial charge in [0.15, 0.2) is 0 Å². The molecule has 1 N–H and O–H groups in total. The summed E-state index contributed by atoms with van der Waals surface area (Å²) in [4.78, 5) is 19.2. The highest BCUT2D eigenvalue weighted by atomic mass is 35.5. The second-order valence-corrected chi connectivity index (χ2v) is 6.93. The highest BCUT2D eigenvalue weighted by Gasteiger charge is 2.32. The number of amides is 1. The first-order valence-corrected chi connectivity index (χ1v) is 8.72. The van der Waals surface area contributed by atoms with E-state index >= 15 is 0 Å². The van der Waals surface area contributed by atoms with Crippen molar-refractivity contribution in [2.24, 2.45) is 0 Å². The van der Waals surface area contributed by atoms with Crippen molar-refractivity contribution in [1.82, 2.24) is 14.7 Å². The molecular weight excluding hydrogens is 328 g/mol. The van der Waals surface area contributed by atoms with Gasteiger partial charge in [-0.3, -0.25) is 9.69 Å². The molecule has 2 saturated heterocycles. The van der Waals surface area contributed by atoms with Crippen LogP contribution >= 0.6 is 11.6 Å². The molecule has 2 aliphatic rings. The molecule has 0 aliphatic carbocycles. The van der Waals surface area contributed by atoms with Crippen molar-refractivity contribution in [3.8, 4) is 5.75 Å². The molecule has 1 aromatic carbocycles. The van der Waals surface area contributed by atoms with Crippen LogP contribution in [0.3, 0.4) is 0 Å². The summed E-state index contributed by atoms with van der Waals surface area (Å²) in [5.41, 5.74) is 0.745. The third-order valence-corrected chi connectivity index (χ3v) is 5.05. The molecule has 0 bridgehead atoms. The van der Waals surface area contributed by atoms with E-state index in [0.29, 0.717) is 16.8 Å². The topological polar surface area (TPSA) is 48.1 Å². The second-order valence-electron chi connectivity index (χ2n) is 6.49.